The molecule has 19 heavy (non-hydrogen) atoms. The van der Waals surface area contributed by atoms with E-state index in [-0.39, 0.29) is 29.4 Å². The van der Waals surface area contributed by atoms with Crippen LogP contribution in [-0.4, -0.2) is 34.3 Å². The van der Waals surface area contributed by atoms with Crippen LogP contribution in [0.4, 0.5) is 0 Å². The third-order valence-electron chi connectivity index (χ3n) is 3.49. The van der Waals surface area contributed by atoms with Gasteiger partial charge in [-0.3, -0.25) is 4.79 Å². The molecular formula is C14H18O5. The molecule has 1 aromatic rings. The Morgan fingerprint density at radius 1 is 1.47 bits per heavy atom. The van der Waals surface area contributed by atoms with Gasteiger partial charge in [-0.05, 0) is 30.9 Å². The molecule has 0 radical (unpaired) electrons. The maximum Gasteiger partial charge on any atom is 0.167 e. The highest BCUT2D eigenvalue weighted by atomic mass is 16.5. The molecule has 2 rings (SSSR count). The number of hydrogen-bond acceptors (Lipinski definition) is 5. The normalized spacial score (nSPS) is 23.9. The molecule has 104 valence electrons. The summed E-state index contributed by atoms with van der Waals surface area (Å²) in [5, 5.41) is 29.6. The van der Waals surface area contributed by atoms with Gasteiger partial charge in [-0.1, -0.05) is 0 Å². The number of methoxy groups -OCH3 is 1. The highest BCUT2D eigenvalue weighted by Crippen LogP contribution is 2.42. The van der Waals surface area contributed by atoms with Crippen molar-refractivity contribution in [3.05, 3.63) is 23.3 Å². The van der Waals surface area contributed by atoms with E-state index in [2.05, 4.69) is 0 Å². The first-order valence-corrected chi connectivity index (χ1v) is 6.24. The highest BCUT2D eigenvalue weighted by molar-refractivity contribution is 6.01. The molecule has 0 aromatic heterocycles. The second-order valence-corrected chi connectivity index (χ2v) is 5.03. The fourth-order valence-electron chi connectivity index (χ4n) is 2.63. The molecule has 5 heteroatoms. The molecule has 0 saturated carbocycles. The lowest BCUT2D eigenvalue weighted by Crippen LogP contribution is -2.27. The van der Waals surface area contributed by atoms with Crippen molar-refractivity contribution < 1.29 is 24.9 Å². The topological polar surface area (TPSA) is 87.0 Å². The first kappa shape index (κ1) is 13.8. The zero-order chi connectivity index (χ0) is 14.2. The van der Waals surface area contributed by atoms with Crippen molar-refractivity contribution in [2.24, 2.45) is 5.92 Å². The summed E-state index contributed by atoms with van der Waals surface area (Å²) in [5.74, 6) is -0.340. The SMILES string of the molecule is COc1cc(O)c2c(c1)[C@@H](O)[C@H](C[C@H](C)O)CC2=O. The van der Waals surface area contributed by atoms with Crippen LogP contribution in [0, 0.1) is 5.92 Å². The molecule has 3 N–H and O–H groups in total. The number of ketones is 1. The summed E-state index contributed by atoms with van der Waals surface area (Å²) < 4.78 is 5.03. The van der Waals surface area contributed by atoms with Crippen LogP contribution in [0.1, 0.15) is 41.8 Å². The molecule has 0 amide bonds. The van der Waals surface area contributed by atoms with Gasteiger partial charge in [0.25, 0.3) is 0 Å². The Labute approximate surface area is 111 Å². The monoisotopic (exact) mass is 266 g/mol. The lowest BCUT2D eigenvalue weighted by atomic mass is 9.78. The number of phenolic OH excluding ortho intramolecular Hbond substituents is 1. The van der Waals surface area contributed by atoms with Crippen molar-refractivity contribution in [2.75, 3.05) is 7.11 Å². The van der Waals surface area contributed by atoms with Gasteiger partial charge in [0.1, 0.15) is 11.5 Å². The van der Waals surface area contributed by atoms with Crippen LogP contribution in [0.25, 0.3) is 0 Å². The lowest BCUT2D eigenvalue weighted by molar-refractivity contribution is 0.0488. The number of rotatable bonds is 3. The maximum atomic E-state index is 12.0. The van der Waals surface area contributed by atoms with E-state index in [1.807, 2.05) is 0 Å². The van der Waals surface area contributed by atoms with Crippen molar-refractivity contribution in [1.29, 1.82) is 0 Å². The Bertz CT molecular complexity index is 495. The van der Waals surface area contributed by atoms with Crippen LogP contribution in [0.3, 0.4) is 0 Å². The standard InChI is InChI=1S/C14H18O5/c1-7(15)3-8-4-11(16)13-10(14(8)18)5-9(19-2)6-12(13)17/h5-8,14-15,17-18H,3-4H2,1-2H3/t7-,8+,14-/m0/s1. The van der Waals surface area contributed by atoms with E-state index in [0.717, 1.165) is 0 Å². The van der Waals surface area contributed by atoms with Gasteiger partial charge in [0, 0.05) is 12.5 Å². The molecule has 5 nitrogen and oxygen atoms in total. The minimum Gasteiger partial charge on any atom is -0.507 e. The summed E-state index contributed by atoms with van der Waals surface area (Å²) >= 11 is 0. The van der Waals surface area contributed by atoms with E-state index in [1.54, 1.807) is 13.0 Å². The predicted molar refractivity (Wildman–Crippen MR) is 68.4 cm³/mol. The molecule has 0 saturated heterocycles. The summed E-state index contributed by atoms with van der Waals surface area (Å²) in [5.41, 5.74) is 0.536. The van der Waals surface area contributed by atoms with Crippen molar-refractivity contribution >= 4 is 5.78 Å². The third-order valence-corrected chi connectivity index (χ3v) is 3.49. The Morgan fingerprint density at radius 2 is 2.16 bits per heavy atom. The molecule has 1 aliphatic carbocycles. The molecule has 0 unspecified atom stereocenters. The molecule has 0 aliphatic heterocycles. The number of aliphatic hydroxyl groups excluding tert-OH is 2. The Kier molecular flexibility index (Phi) is 3.78. The van der Waals surface area contributed by atoms with Crippen LogP contribution in [0.5, 0.6) is 11.5 Å². The number of aromatic hydroxyl groups is 1. The maximum absolute atomic E-state index is 12.0. The van der Waals surface area contributed by atoms with Crippen LogP contribution in [-0.2, 0) is 0 Å². The third kappa shape index (κ3) is 2.57. The van der Waals surface area contributed by atoms with Crippen LogP contribution in [0.2, 0.25) is 0 Å². The number of aliphatic hydroxyl groups is 2. The second kappa shape index (κ2) is 5.19. The summed E-state index contributed by atoms with van der Waals surface area (Å²) in [4.78, 5) is 12.0. The average molecular weight is 266 g/mol. The van der Waals surface area contributed by atoms with E-state index in [0.29, 0.717) is 17.7 Å². The van der Waals surface area contributed by atoms with Gasteiger partial charge >= 0.3 is 0 Å². The lowest BCUT2D eigenvalue weighted by Gasteiger charge is -2.30. The van der Waals surface area contributed by atoms with Crippen molar-refractivity contribution in [1.82, 2.24) is 0 Å². The van der Waals surface area contributed by atoms with E-state index in [9.17, 15) is 20.1 Å². The Balaban J connectivity index is 2.44. The molecule has 1 aromatic carbocycles. The number of carbonyl (C=O) groups excluding carboxylic acids is 1. The van der Waals surface area contributed by atoms with Gasteiger partial charge in [0.05, 0.1) is 24.9 Å². The van der Waals surface area contributed by atoms with Crippen LogP contribution >= 0.6 is 0 Å². The zero-order valence-corrected chi connectivity index (χ0v) is 11.0. The number of phenols is 1. The number of carbonyl (C=O) groups is 1. The number of hydrogen-bond donors (Lipinski definition) is 3. The van der Waals surface area contributed by atoms with Gasteiger partial charge in [-0.2, -0.15) is 0 Å². The molecule has 0 bridgehead atoms. The molecule has 1 aliphatic rings. The molecule has 0 fully saturated rings. The summed E-state index contributed by atoms with van der Waals surface area (Å²) in [6.45, 7) is 1.62. The van der Waals surface area contributed by atoms with Gasteiger partial charge in [0.15, 0.2) is 5.78 Å². The fraction of sp³-hybridized carbons (Fsp3) is 0.500. The smallest absolute Gasteiger partial charge is 0.167 e. The molecule has 3 atom stereocenters. The first-order valence-electron chi connectivity index (χ1n) is 6.24. The Hall–Kier alpha value is -1.59. The van der Waals surface area contributed by atoms with Crippen molar-refractivity contribution in [3.8, 4) is 11.5 Å². The number of benzene rings is 1. The summed E-state index contributed by atoms with van der Waals surface area (Å²) in [7, 11) is 1.45. The average Bonchev–Trinajstić information content (AvgIpc) is 2.33. The first-order chi connectivity index (χ1) is 8.93. The highest BCUT2D eigenvalue weighted by Gasteiger charge is 2.35. The summed E-state index contributed by atoms with van der Waals surface area (Å²) in [6.07, 6.45) is -1.01. The molecule has 0 heterocycles. The van der Waals surface area contributed by atoms with Gasteiger partial charge in [-0.25, -0.2) is 0 Å². The minimum absolute atomic E-state index is 0.124. The van der Waals surface area contributed by atoms with E-state index in [1.165, 1.54) is 13.2 Å². The van der Waals surface area contributed by atoms with Crippen LogP contribution in [0.15, 0.2) is 12.1 Å². The largest absolute Gasteiger partial charge is 0.507 e. The van der Waals surface area contributed by atoms with E-state index in [4.69, 9.17) is 4.74 Å². The molecular weight excluding hydrogens is 248 g/mol. The van der Waals surface area contributed by atoms with Gasteiger partial charge < -0.3 is 20.1 Å². The van der Waals surface area contributed by atoms with Crippen molar-refractivity contribution in [2.45, 2.75) is 32.0 Å². The zero-order valence-electron chi connectivity index (χ0n) is 11.0. The Morgan fingerprint density at radius 3 is 2.74 bits per heavy atom. The van der Waals surface area contributed by atoms with Gasteiger partial charge in [-0.15, -0.1) is 0 Å². The fourth-order valence-corrected chi connectivity index (χ4v) is 2.63. The predicted octanol–water partition coefficient (Wildman–Crippen LogP) is 1.41. The molecule has 0 spiro atoms. The quantitative estimate of drug-likeness (QED) is 0.770. The van der Waals surface area contributed by atoms with E-state index >= 15 is 0 Å². The van der Waals surface area contributed by atoms with Crippen LogP contribution < -0.4 is 4.74 Å². The summed E-state index contributed by atoms with van der Waals surface area (Å²) in [6, 6.07) is 2.92. The van der Waals surface area contributed by atoms with Gasteiger partial charge in [0.2, 0.25) is 0 Å². The number of Topliss-reactive ketones (excluding diaryl/α,β-unsaturated/α-hetero) is 1. The van der Waals surface area contributed by atoms with Crippen molar-refractivity contribution in [3.63, 3.8) is 0 Å². The number of ether oxygens (including phenoxy) is 1. The minimum atomic E-state index is -0.886. The second-order valence-electron chi connectivity index (χ2n) is 5.03. The van der Waals surface area contributed by atoms with E-state index < -0.39 is 12.2 Å². The number of fused-ring (bicyclic) bond motifs is 1.